The van der Waals surface area contributed by atoms with E-state index in [2.05, 4.69) is 15.3 Å². The molecule has 0 fully saturated rings. The number of halogens is 1. The standard InChI is InChI=1S/C15H13FN4O/c1-17-13(21)9-20-14(10-4-6-11(16)7-5-10)19-12-3-2-8-18-15(12)20/h2-8H,9H2,1H3,(H,17,21). The Labute approximate surface area is 120 Å². The Hall–Kier alpha value is -2.76. The van der Waals surface area contributed by atoms with Crippen LogP contribution in [0, 0.1) is 5.82 Å². The van der Waals surface area contributed by atoms with Crippen LogP contribution in [-0.2, 0) is 11.3 Å². The molecule has 2 heterocycles. The Morgan fingerprint density at radius 3 is 2.76 bits per heavy atom. The van der Waals surface area contributed by atoms with Gasteiger partial charge in [0.05, 0.1) is 0 Å². The third-order valence-electron chi connectivity index (χ3n) is 3.19. The minimum Gasteiger partial charge on any atom is -0.358 e. The number of rotatable bonds is 3. The van der Waals surface area contributed by atoms with Crippen molar-refractivity contribution in [2.24, 2.45) is 0 Å². The van der Waals surface area contributed by atoms with Crippen LogP contribution < -0.4 is 5.32 Å². The first-order chi connectivity index (χ1) is 10.2. The van der Waals surface area contributed by atoms with E-state index < -0.39 is 0 Å². The topological polar surface area (TPSA) is 59.8 Å². The molecule has 1 aromatic carbocycles. The molecule has 0 radical (unpaired) electrons. The maximum absolute atomic E-state index is 13.1. The minimum absolute atomic E-state index is 0.108. The zero-order valence-corrected chi connectivity index (χ0v) is 11.4. The molecule has 0 spiro atoms. The summed E-state index contributed by atoms with van der Waals surface area (Å²) in [5.41, 5.74) is 2.06. The molecule has 0 aliphatic rings. The Balaban J connectivity index is 2.18. The van der Waals surface area contributed by atoms with Crippen LogP contribution in [0.5, 0.6) is 0 Å². The predicted molar refractivity (Wildman–Crippen MR) is 77.0 cm³/mol. The smallest absolute Gasteiger partial charge is 0.239 e. The van der Waals surface area contributed by atoms with Gasteiger partial charge in [-0.15, -0.1) is 0 Å². The van der Waals surface area contributed by atoms with Crippen LogP contribution in [0.3, 0.4) is 0 Å². The van der Waals surface area contributed by atoms with E-state index in [4.69, 9.17) is 0 Å². The van der Waals surface area contributed by atoms with Crippen molar-refractivity contribution in [3.8, 4) is 11.4 Å². The molecule has 0 saturated carbocycles. The monoisotopic (exact) mass is 284 g/mol. The summed E-state index contributed by atoms with van der Waals surface area (Å²) in [7, 11) is 1.58. The fourth-order valence-corrected chi connectivity index (χ4v) is 2.15. The zero-order chi connectivity index (χ0) is 14.8. The zero-order valence-electron chi connectivity index (χ0n) is 11.4. The van der Waals surface area contributed by atoms with Crippen molar-refractivity contribution in [3.63, 3.8) is 0 Å². The molecule has 106 valence electrons. The number of nitrogens with one attached hydrogen (secondary N) is 1. The van der Waals surface area contributed by atoms with Crippen LogP contribution in [0.4, 0.5) is 4.39 Å². The SMILES string of the molecule is CNC(=O)Cn1c(-c2ccc(F)cc2)nc2cccnc21. The van der Waals surface area contributed by atoms with E-state index >= 15 is 0 Å². The predicted octanol–water partition coefficient (Wildman–Crippen LogP) is 1.98. The quantitative estimate of drug-likeness (QED) is 0.800. The summed E-state index contributed by atoms with van der Waals surface area (Å²) in [6, 6.07) is 9.62. The molecule has 0 unspecified atom stereocenters. The lowest BCUT2D eigenvalue weighted by atomic mass is 10.2. The van der Waals surface area contributed by atoms with Crippen molar-refractivity contribution >= 4 is 17.1 Å². The molecule has 21 heavy (non-hydrogen) atoms. The number of hydrogen-bond donors (Lipinski definition) is 1. The first kappa shape index (κ1) is 13.2. The number of aromatic nitrogens is 3. The van der Waals surface area contributed by atoms with Gasteiger partial charge in [-0.05, 0) is 36.4 Å². The summed E-state index contributed by atoms with van der Waals surface area (Å²) in [6.07, 6.45) is 1.65. The average molecular weight is 284 g/mol. The number of fused-ring (bicyclic) bond motifs is 1. The van der Waals surface area contributed by atoms with Crippen molar-refractivity contribution in [1.29, 1.82) is 0 Å². The van der Waals surface area contributed by atoms with Gasteiger partial charge in [0.25, 0.3) is 0 Å². The van der Waals surface area contributed by atoms with Gasteiger partial charge >= 0.3 is 0 Å². The van der Waals surface area contributed by atoms with E-state index in [1.165, 1.54) is 12.1 Å². The van der Waals surface area contributed by atoms with Crippen molar-refractivity contribution in [2.45, 2.75) is 6.54 Å². The summed E-state index contributed by atoms with van der Waals surface area (Å²) in [5.74, 6) is 0.126. The van der Waals surface area contributed by atoms with Crippen LogP contribution in [0.1, 0.15) is 0 Å². The van der Waals surface area contributed by atoms with Gasteiger partial charge < -0.3 is 5.32 Å². The van der Waals surface area contributed by atoms with Gasteiger partial charge in [-0.2, -0.15) is 0 Å². The molecule has 1 amide bonds. The molecule has 5 nitrogen and oxygen atoms in total. The molecule has 0 bridgehead atoms. The molecule has 0 aliphatic carbocycles. The molecule has 0 atom stereocenters. The van der Waals surface area contributed by atoms with Gasteiger partial charge in [0.2, 0.25) is 5.91 Å². The minimum atomic E-state index is -0.314. The molecule has 1 N–H and O–H groups in total. The number of carbonyl (C=O) groups is 1. The van der Waals surface area contributed by atoms with E-state index in [1.54, 1.807) is 36.0 Å². The molecule has 0 saturated heterocycles. The third-order valence-corrected chi connectivity index (χ3v) is 3.19. The number of nitrogens with zero attached hydrogens (tertiary/aromatic N) is 3. The average Bonchev–Trinajstić information content (AvgIpc) is 2.87. The fraction of sp³-hybridized carbons (Fsp3) is 0.133. The van der Waals surface area contributed by atoms with E-state index in [9.17, 15) is 9.18 Å². The number of imidazole rings is 1. The van der Waals surface area contributed by atoms with Crippen LogP contribution in [-0.4, -0.2) is 27.5 Å². The Bertz CT molecular complexity index is 795. The van der Waals surface area contributed by atoms with Crippen molar-refractivity contribution in [3.05, 3.63) is 48.4 Å². The lowest BCUT2D eigenvalue weighted by Crippen LogP contribution is -2.24. The number of benzene rings is 1. The van der Waals surface area contributed by atoms with Gasteiger partial charge in [-0.25, -0.2) is 14.4 Å². The molecule has 6 heteroatoms. The summed E-state index contributed by atoms with van der Waals surface area (Å²) in [6.45, 7) is 0.108. The lowest BCUT2D eigenvalue weighted by molar-refractivity contribution is -0.121. The number of amides is 1. The summed E-state index contributed by atoms with van der Waals surface area (Å²) >= 11 is 0. The summed E-state index contributed by atoms with van der Waals surface area (Å²) < 4.78 is 14.8. The van der Waals surface area contributed by atoms with Crippen LogP contribution in [0.15, 0.2) is 42.6 Å². The second kappa shape index (κ2) is 5.32. The third kappa shape index (κ3) is 2.47. The van der Waals surface area contributed by atoms with E-state index in [0.29, 0.717) is 17.0 Å². The highest BCUT2D eigenvalue weighted by atomic mass is 19.1. The highest BCUT2D eigenvalue weighted by Gasteiger charge is 2.15. The van der Waals surface area contributed by atoms with E-state index in [1.807, 2.05) is 6.07 Å². The normalized spacial score (nSPS) is 10.8. The molecular weight excluding hydrogens is 271 g/mol. The highest BCUT2D eigenvalue weighted by Crippen LogP contribution is 2.23. The van der Waals surface area contributed by atoms with Crippen molar-refractivity contribution < 1.29 is 9.18 Å². The molecule has 0 aliphatic heterocycles. The summed E-state index contributed by atoms with van der Waals surface area (Å²) in [4.78, 5) is 20.5. The van der Waals surface area contributed by atoms with Gasteiger partial charge in [-0.3, -0.25) is 9.36 Å². The van der Waals surface area contributed by atoms with Crippen LogP contribution in [0.25, 0.3) is 22.6 Å². The number of likely N-dealkylation sites (N-methyl/N-ethyl adjacent to an activating group) is 1. The van der Waals surface area contributed by atoms with Gasteiger partial charge in [0.15, 0.2) is 5.65 Å². The molecule has 3 aromatic rings. The van der Waals surface area contributed by atoms with Gasteiger partial charge in [0, 0.05) is 18.8 Å². The van der Waals surface area contributed by atoms with Gasteiger partial charge in [0.1, 0.15) is 23.7 Å². The second-order valence-corrected chi connectivity index (χ2v) is 4.55. The Morgan fingerprint density at radius 1 is 1.29 bits per heavy atom. The summed E-state index contributed by atoms with van der Waals surface area (Å²) in [5, 5.41) is 2.58. The van der Waals surface area contributed by atoms with Gasteiger partial charge in [-0.1, -0.05) is 0 Å². The molecule has 2 aromatic heterocycles. The van der Waals surface area contributed by atoms with Crippen LogP contribution in [0.2, 0.25) is 0 Å². The highest BCUT2D eigenvalue weighted by molar-refractivity contribution is 5.82. The number of carbonyl (C=O) groups excluding carboxylic acids is 1. The van der Waals surface area contributed by atoms with Crippen LogP contribution >= 0.6 is 0 Å². The molecular formula is C15H13FN4O. The number of pyridine rings is 1. The maximum Gasteiger partial charge on any atom is 0.239 e. The number of hydrogen-bond acceptors (Lipinski definition) is 3. The van der Waals surface area contributed by atoms with E-state index in [-0.39, 0.29) is 18.3 Å². The molecule has 3 rings (SSSR count). The Kier molecular flexibility index (Phi) is 3.35. The van der Waals surface area contributed by atoms with Crippen molar-refractivity contribution in [2.75, 3.05) is 7.05 Å². The lowest BCUT2D eigenvalue weighted by Gasteiger charge is -2.07. The first-order valence-electron chi connectivity index (χ1n) is 6.47. The van der Waals surface area contributed by atoms with E-state index in [0.717, 1.165) is 5.56 Å². The van der Waals surface area contributed by atoms with Crippen molar-refractivity contribution in [1.82, 2.24) is 19.9 Å². The largest absolute Gasteiger partial charge is 0.358 e. The fourth-order valence-electron chi connectivity index (χ4n) is 2.15. The second-order valence-electron chi connectivity index (χ2n) is 4.55. The maximum atomic E-state index is 13.1. The first-order valence-corrected chi connectivity index (χ1v) is 6.47. The Morgan fingerprint density at radius 2 is 2.05 bits per heavy atom.